The van der Waals surface area contributed by atoms with Crippen LogP contribution in [0.5, 0.6) is 11.5 Å². The monoisotopic (exact) mass is 289 g/mol. The molecule has 1 aromatic carbocycles. The van der Waals surface area contributed by atoms with Gasteiger partial charge in [-0.2, -0.15) is 5.10 Å². The molecule has 5 nitrogen and oxygen atoms in total. The Hall–Kier alpha value is -2.01. The third kappa shape index (κ3) is 3.03. The van der Waals surface area contributed by atoms with Crippen molar-refractivity contribution in [2.24, 2.45) is 5.73 Å². The van der Waals surface area contributed by atoms with E-state index in [0.717, 1.165) is 41.4 Å². The number of aryl methyl sites for hydroxylation is 2. The van der Waals surface area contributed by atoms with Gasteiger partial charge in [0.1, 0.15) is 11.5 Å². The molecule has 0 bridgehead atoms. The van der Waals surface area contributed by atoms with Gasteiger partial charge in [0.25, 0.3) is 0 Å². The van der Waals surface area contributed by atoms with Crippen LogP contribution in [0.4, 0.5) is 0 Å². The Labute approximate surface area is 125 Å². The molecule has 0 aliphatic heterocycles. The zero-order chi connectivity index (χ0) is 15.4. The molecule has 2 rings (SSSR count). The fourth-order valence-electron chi connectivity index (χ4n) is 2.41. The molecule has 0 amide bonds. The van der Waals surface area contributed by atoms with E-state index in [1.54, 1.807) is 14.2 Å². The Morgan fingerprint density at radius 3 is 2.52 bits per heavy atom. The van der Waals surface area contributed by atoms with Crippen molar-refractivity contribution in [3.05, 3.63) is 41.2 Å². The lowest BCUT2D eigenvalue weighted by Gasteiger charge is -2.17. The average Bonchev–Trinajstić information content (AvgIpc) is 2.96. The molecule has 0 saturated heterocycles. The molecule has 0 aliphatic rings. The normalized spacial score (nSPS) is 12.2. The van der Waals surface area contributed by atoms with Crippen molar-refractivity contribution in [1.82, 2.24) is 9.78 Å². The summed E-state index contributed by atoms with van der Waals surface area (Å²) < 4.78 is 12.7. The second-order valence-corrected chi connectivity index (χ2v) is 4.82. The first-order chi connectivity index (χ1) is 10.1. The second-order valence-electron chi connectivity index (χ2n) is 4.82. The van der Waals surface area contributed by atoms with Crippen molar-refractivity contribution in [3.63, 3.8) is 0 Å². The summed E-state index contributed by atoms with van der Waals surface area (Å²) in [7, 11) is 3.29. The predicted octanol–water partition coefficient (Wildman–Crippen LogP) is 2.53. The third-order valence-corrected chi connectivity index (χ3v) is 3.61. The Morgan fingerprint density at radius 2 is 1.95 bits per heavy atom. The summed E-state index contributed by atoms with van der Waals surface area (Å²) in [5, 5.41) is 4.56. The molecule has 0 saturated carbocycles. The van der Waals surface area contributed by atoms with Crippen LogP contribution in [0.15, 0.2) is 24.3 Å². The van der Waals surface area contributed by atoms with Gasteiger partial charge in [-0.25, -0.2) is 0 Å². The predicted molar refractivity (Wildman–Crippen MR) is 82.9 cm³/mol. The Morgan fingerprint density at radius 1 is 1.19 bits per heavy atom. The molecular formula is C16H23N3O2. The van der Waals surface area contributed by atoms with Gasteiger partial charge in [-0.3, -0.25) is 4.68 Å². The number of rotatable bonds is 6. The summed E-state index contributed by atoms with van der Waals surface area (Å²) in [5.41, 5.74) is 9.39. The molecule has 2 N–H and O–H groups in total. The number of hydrogen-bond acceptors (Lipinski definition) is 4. The molecule has 1 atom stereocenters. The number of benzene rings is 1. The van der Waals surface area contributed by atoms with Crippen LogP contribution in [-0.4, -0.2) is 24.0 Å². The molecule has 0 aliphatic carbocycles. The van der Waals surface area contributed by atoms with Gasteiger partial charge in [-0.15, -0.1) is 0 Å². The highest BCUT2D eigenvalue weighted by atomic mass is 16.5. The first kappa shape index (κ1) is 15.4. The molecule has 0 spiro atoms. The van der Waals surface area contributed by atoms with Crippen LogP contribution in [0.3, 0.4) is 0 Å². The molecule has 1 heterocycles. The largest absolute Gasteiger partial charge is 0.497 e. The van der Waals surface area contributed by atoms with E-state index < -0.39 is 0 Å². The maximum Gasteiger partial charge on any atom is 0.124 e. The van der Waals surface area contributed by atoms with Crippen molar-refractivity contribution in [2.75, 3.05) is 14.2 Å². The number of aromatic nitrogens is 2. The van der Waals surface area contributed by atoms with E-state index in [9.17, 15) is 0 Å². The fourth-order valence-corrected chi connectivity index (χ4v) is 2.41. The van der Waals surface area contributed by atoms with Gasteiger partial charge in [0, 0.05) is 12.1 Å². The summed E-state index contributed by atoms with van der Waals surface area (Å²) in [6.45, 7) is 4.94. The van der Waals surface area contributed by atoms with Crippen molar-refractivity contribution in [1.29, 1.82) is 0 Å². The smallest absolute Gasteiger partial charge is 0.124 e. The fraction of sp³-hybridized carbons (Fsp3) is 0.438. The lowest BCUT2D eigenvalue weighted by molar-refractivity contribution is 0.396. The first-order valence-corrected chi connectivity index (χ1v) is 7.18. The summed E-state index contributed by atoms with van der Waals surface area (Å²) in [6.07, 6.45) is 0.891. The molecule has 2 aromatic rings. The average molecular weight is 289 g/mol. The number of methoxy groups -OCH3 is 2. The SMILES string of the molecule is CCc1cc(C(N)c2cc(OC)ccc2OC)n(CC)n1. The molecule has 1 aromatic heterocycles. The molecular weight excluding hydrogens is 266 g/mol. The number of hydrogen-bond donors (Lipinski definition) is 1. The van der Waals surface area contributed by atoms with Gasteiger partial charge >= 0.3 is 0 Å². The van der Waals surface area contributed by atoms with Crippen LogP contribution in [0.1, 0.15) is 36.8 Å². The summed E-state index contributed by atoms with van der Waals surface area (Å²) in [4.78, 5) is 0. The van der Waals surface area contributed by atoms with Gasteiger partial charge in [0.15, 0.2) is 0 Å². The molecule has 5 heteroatoms. The van der Waals surface area contributed by atoms with Crippen molar-refractivity contribution in [2.45, 2.75) is 32.9 Å². The van der Waals surface area contributed by atoms with E-state index >= 15 is 0 Å². The third-order valence-electron chi connectivity index (χ3n) is 3.61. The summed E-state index contributed by atoms with van der Waals surface area (Å²) >= 11 is 0. The maximum absolute atomic E-state index is 6.46. The Balaban J connectivity index is 2.47. The zero-order valence-electron chi connectivity index (χ0n) is 13.1. The van der Waals surface area contributed by atoms with E-state index in [2.05, 4.69) is 25.0 Å². The van der Waals surface area contributed by atoms with Crippen LogP contribution >= 0.6 is 0 Å². The summed E-state index contributed by atoms with van der Waals surface area (Å²) in [5.74, 6) is 1.52. The van der Waals surface area contributed by atoms with E-state index in [0.29, 0.717) is 0 Å². The highest BCUT2D eigenvalue weighted by molar-refractivity contribution is 5.45. The molecule has 0 radical (unpaired) electrons. The highest BCUT2D eigenvalue weighted by Crippen LogP contribution is 2.32. The van der Waals surface area contributed by atoms with E-state index in [1.165, 1.54) is 0 Å². The topological polar surface area (TPSA) is 62.3 Å². The second kappa shape index (κ2) is 6.63. The summed E-state index contributed by atoms with van der Waals surface area (Å²) in [6, 6.07) is 7.42. The van der Waals surface area contributed by atoms with Gasteiger partial charge < -0.3 is 15.2 Å². The minimum atomic E-state index is -0.303. The number of nitrogens with two attached hydrogens (primary N) is 1. The number of ether oxygens (including phenoxy) is 2. The molecule has 1 unspecified atom stereocenters. The van der Waals surface area contributed by atoms with Crippen LogP contribution in [0.2, 0.25) is 0 Å². The minimum absolute atomic E-state index is 0.303. The first-order valence-electron chi connectivity index (χ1n) is 7.18. The van der Waals surface area contributed by atoms with E-state index in [-0.39, 0.29) is 6.04 Å². The van der Waals surface area contributed by atoms with Crippen molar-refractivity contribution >= 4 is 0 Å². The van der Waals surface area contributed by atoms with Crippen LogP contribution < -0.4 is 15.2 Å². The maximum atomic E-state index is 6.46. The standard InChI is InChI=1S/C16H23N3O2/c1-5-11-9-14(19(6-2)18-11)16(17)13-10-12(20-3)7-8-15(13)21-4/h7-10,16H,5-6,17H2,1-4H3. The van der Waals surface area contributed by atoms with Crippen molar-refractivity contribution < 1.29 is 9.47 Å². The quantitative estimate of drug-likeness (QED) is 0.887. The van der Waals surface area contributed by atoms with Gasteiger partial charge in [0.2, 0.25) is 0 Å². The number of nitrogens with zero attached hydrogens (tertiary/aromatic N) is 2. The highest BCUT2D eigenvalue weighted by Gasteiger charge is 2.19. The lowest BCUT2D eigenvalue weighted by atomic mass is 10.0. The molecule has 114 valence electrons. The molecule has 21 heavy (non-hydrogen) atoms. The van der Waals surface area contributed by atoms with E-state index in [4.69, 9.17) is 15.2 Å². The molecule has 0 fully saturated rings. The van der Waals surface area contributed by atoms with Gasteiger partial charge in [-0.05, 0) is 37.6 Å². The lowest BCUT2D eigenvalue weighted by Crippen LogP contribution is -2.18. The van der Waals surface area contributed by atoms with Gasteiger partial charge in [-0.1, -0.05) is 6.92 Å². The van der Waals surface area contributed by atoms with Gasteiger partial charge in [0.05, 0.1) is 31.6 Å². The van der Waals surface area contributed by atoms with Crippen LogP contribution in [0, 0.1) is 0 Å². The van der Waals surface area contributed by atoms with Crippen molar-refractivity contribution in [3.8, 4) is 11.5 Å². The van der Waals surface area contributed by atoms with Crippen LogP contribution in [0.25, 0.3) is 0 Å². The van der Waals surface area contributed by atoms with E-state index in [1.807, 2.05) is 22.9 Å². The Kier molecular flexibility index (Phi) is 4.85. The Bertz CT molecular complexity index is 608. The minimum Gasteiger partial charge on any atom is -0.497 e. The zero-order valence-corrected chi connectivity index (χ0v) is 13.1. The van der Waals surface area contributed by atoms with Crippen LogP contribution in [-0.2, 0) is 13.0 Å².